The maximum absolute atomic E-state index is 11.7. The van der Waals surface area contributed by atoms with Crippen LogP contribution in [0.2, 0.25) is 0 Å². The fraction of sp³-hybridized carbons (Fsp3) is 0.455. The molecule has 0 atom stereocenters. The van der Waals surface area contributed by atoms with Crippen molar-refractivity contribution in [3.63, 3.8) is 0 Å². The molecule has 0 aliphatic carbocycles. The SMILES string of the molecule is CNCc1ccc(CS(=O)(=O)NN(C)C)cc1. The van der Waals surface area contributed by atoms with Crippen LogP contribution in [0, 0.1) is 0 Å². The molecule has 1 aromatic carbocycles. The van der Waals surface area contributed by atoms with Crippen molar-refractivity contribution >= 4 is 10.0 Å². The molecule has 0 heterocycles. The number of nitrogens with zero attached hydrogens (tertiary/aromatic N) is 1. The molecule has 0 spiro atoms. The number of hydrogen-bond donors (Lipinski definition) is 2. The summed E-state index contributed by atoms with van der Waals surface area (Å²) in [4.78, 5) is 2.40. The average molecular weight is 257 g/mol. The lowest BCUT2D eigenvalue weighted by molar-refractivity contribution is 0.363. The van der Waals surface area contributed by atoms with E-state index in [0.29, 0.717) is 0 Å². The molecule has 1 rings (SSSR count). The Bertz CT molecular complexity index is 440. The fourth-order valence-electron chi connectivity index (χ4n) is 1.49. The van der Waals surface area contributed by atoms with Gasteiger partial charge in [-0.3, -0.25) is 0 Å². The predicted molar refractivity (Wildman–Crippen MR) is 68.7 cm³/mol. The quantitative estimate of drug-likeness (QED) is 0.720. The lowest BCUT2D eigenvalue weighted by Gasteiger charge is -2.12. The maximum Gasteiger partial charge on any atom is 0.228 e. The van der Waals surface area contributed by atoms with E-state index >= 15 is 0 Å². The first-order chi connectivity index (χ1) is 7.93. The van der Waals surface area contributed by atoms with Crippen molar-refractivity contribution in [1.82, 2.24) is 15.2 Å². The van der Waals surface area contributed by atoms with Gasteiger partial charge in [-0.2, -0.15) is 0 Å². The molecule has 6 heteroatoms. The summed E-state index contributed by atoms with van der Waals surface area (Å²) in [6.45, 7) is 0.781. The number of rotatable bonds is 6. The molecular formula is C11H19N3O2S. The number of benzene rings is 1. The summed E-state index contributed by atoms with van der Waals surface area (Å²) in [5.41, 5.74) is 1.91. The maximum atomic E-state index is 11.7. The third-order valence-corrected chi connectivity index (χ3v) is 3.44. The van der Waals surface area contributed by atoms with Crippen LogP contribution in [0.15, 0.2) is 24.3 Å². The van der Waals surface area contributed by atoms with Crippen LogP contribution in [0.5, 0.6) is 0 Å². The summed E-state index contributed by atoms with van der Waals surface area (Å²) in [6, 6.07) is 7.52. The van der Waals surface area contributed by atoms with Crippen molar-refractivity contribution in [2.75, 3.05) is 21.1 Å². The van der Waals surface area contributed by atoms with Gasteiger partial charge in [-0.1, -0.05) is 24.3 Å². The molecule has 0 aliphatic rings. The van der Waals surface area contributed by atoms with Crippen LogP contribution in [0.3, 0.4) is 0 Å². The second kappa shape index (κ2) is 6.11. The smallest absolute Gasteiger partial charge is 0.228 e. The Kier molecular flexibility index (Phi) is 5.07. The Morgan fingerprint density at radius 1 is 1.12 bits per heavy atom. The Balaban J connectivity index is 2.69. The Labute approximate surface area is 103 Å². The Hall–Kier alpha value is -0.950. The van der Waals surface area contributed by atoms with Crippen LogP contribution in [-0.2, 0) is 22.3 Å². The van der Waals surface area contributed by atoms with E-state index in [4.69, 9.17) is 0 Å². The summed E-state index contributed by atoms with van der Waals surface area (Å²) >= 11 is 0. The highest BCUT2D eigenvalue weighted by Gasteiger charge is 2.11. The van der Waals surface area contributed by atoms with Crippen LogP contribution in [-0.4, -0.2) is 34.6 Å². The summed E-state index contributed by atoms with van der Waals surface area (Å²) in [7, 11) is 1.87. The zero-order valence-corrected chi connectivity index (χ0v) is 11.2. The molecule has 0 fully saturated rings. The minimum absolute atomic E-state index is 0.00892. The highest BCUT2D eigenvalue weighted by atomic mass is 32.2. The molecule has 17 heavy (non-hydrogen) atoms. The van der Waals surface area contributed by atoms with E-state index in [0.717, 1.165) is 17.7 Å². The number of hydrogen-bond acceptors (Lipinski definition) is 4. The number of nitrogens with one attached hydrogen (secondary N) is 2. The van der Waals surface area contributed by atoms with Gasteiger partial charge in [0.15, 0.2) is 0 Å². The van der Waals surface area contributed by atoms with Gasteiger partial charge in [-0.05, 0) is 18.2 Å². The van der Waals surface area contributed by atoms with E-state index in [-0.39, 0.29) is 5.75 Å². The standard InChI is InChI=1S/C11H19N3O2S/c1-12-8-10-4-6-11(7-5-10)9-17(15,16)13-14(2)3/h4-7,12-13H,8-9H2,1-3H3. The van der Waals surface area contributed by atoms with Gasteiger partial charge in [0, 0.05) is 20.6 Å². The van der Waals surface area contributed by atoms with E-state index in [1.165, 1.54) is 5.01 Å². The summed E-state index contributed by atoms with van der Waals surface area (Å²) in [5, 5.41) is 4.46. The number of sulfonamides is 1. The molecular weight excluding hydrogens is 238 g/mol. The van der Waals surface area contributed by atoms with Crippen molar-refractivity contribution < 1.29 is 8.42 Å². The first kappa shape index (κ1) is 14.1. The van der Waals surface area contributed by atoms with Gasteiger partial charge in [0.25, 0.3) is 0 Å². The second-order valence-electron chi connectivity index (χ2n) is 4.09. The van der Waals surface area contributed by atoms with Crippen molar-refractivity contribution in [3.8, 4) is 0 Å². The Morgan fingerprint density at radius 3 is 2.12 bits per heavy atom. The van der Waals surface area contributed by atoms with Crippen LogP contribution in [0.25, 0.3) is 0 Å². The minimum Gasteiger partial charge on any atom is -0.316 e. The normalized spacial score (nSPS) is 12.0. The van der Waals surface area contributed by atoms with Gasteiger partial charge in [0.1, 0.15) is 0 Å². The molecule has 2 N–H and O–H groups in total. The van der Waals surface area contributed by atoms with E-state index in [9.17, 15) is 8.42 Å². The van der Waals surface area contributed by atoms with Gasteiger partial charge in [-0.15, -0.1) is 4.83 Å². The third-order valence-electron chi connectivity index (χ3n) is 2.08. The van der Waals surface area contributed by atoms with Crippen molar-refractivity contribution in [2.45, 2.75) is 12.3 Å². The molecule has 96 valence electrons. The molecule has 0 bridgehead atoms. The van der Waals surface area contributed by atoms with Crippen LogP contribution in [0.4, 0.5) is 0 Å². The second-order valence-corrected chi connectivity index (χ2v) is 5.79. The molecule has 0 radical (unpaired) electrons. The van der Waals surface area contributed by atoms with E-state index in [1.807, 2.05) is 31.3 Å². The summed E-state index contributed by atoms with van der Waals surface area (Å²) in [6.07, 6.45) is 0. The highest BCUT2D eigenvalue weighted by molar-refractivity contribution is 7.88. The molecule has 0 unspecified atom stereocenters. The Morgan fingerprint density at radius 2 is 1.65 bits per heavy atom. The lowest BCUT2D eigenvalue weighted by atomic mass is 10.1. The van der Waals surface area contributed by atoms with Gasteiger partial charge in [-0.25, -0.2) is 13.4 Å². The predicted octanol–water partition coefficient (Wildman–Crippen LogP) is 0.302. The van der Waals surface area contributed by atoms with Crippen molar-refractivity contribution in [3.05, 3.63) is 35.4 Å². The molecule has 0 saturated carbocycles. The molecule has 0 saturated heterocycles. The van der Waals surface area contributed by atoms with E-state index in [2.05, 4.69) is 10.1 Å². The first-order valence-electron chi connectivity index (χ1n) is 5.33. The largest absolute Gasteiger partial charge is 0.316 e. The highest BCUT2D eigenvalue weighted by Crippen LogP contribution is 2.07. The monoisotopic (exact) mass is 257 g/mol. The minimum atomic E-state index is -3.30. The van der Waals surface area contributed by atoms with Crippen LogP contribution < -0.4 is 10.1 Å². The summed E-state index contributed by atoms with van der Waals surface area (Å²) in [5.74, 6) is -0.00892. The zero-order chi connectivity index (χ0) is 12.9. The van der Waals surface area contributed by atoms with Crippen LogP contribution >= 0.6 is 0 Å². The molecule has 5 nitrogen and oxygen atoms in total. The molecule has 0 aliphatic heterocycles. The van der Waals surface area contributed by atoms with Crippen LogP contribution in [0.1, 0.15) is 11.1 Å². The van der Waals surface area contributed by atoms with Crippen molar-refractivity contribution in [1.29, 1.82) is 0 Å². The zero-order valence-electron chi connectivity index (χ0n) is 10.4. The molecule has 0 aromatic heterocycles. The van der Waals surface area contributed by atoms with E-state index < -0.39 is 10.0 Å². The number of hydrazine groups is 1. The molecule has 0 amide bonds. The van der Waals surface area contributed by atoms with E-state index in [1.54, 1.807) is 14.1 Å². The van der Waals surface area contributed by atoms with Gasteiger partial charge in [0.05, 0.1) is 5.75 Å². The van der Waals surface area contributed by atoms with Crippen molar-refractivity contribution in [2.24, 2.45) is 0 Å². The topological polar surface area (TPSA) is 61.4 Å². The molecule has 1 aromatic rings. The first-order valence-corrected chi connectivity index (χ1v) is 6.98. The fourth-order valence-corrected chi connectivity index (χ4v) is 2.74. The average Bonchev–Trinajstić information content (AvgIpc) is 2.18. The summed E-state index contributed by atoms with van der Waals surface area (Å²) < 4.78 is 23.3. The lowest BCUT2D eigenvalue weighted by Crippen LogP contribution is -2.36. The van der Waals surface area contributed by atoms with Gasteiger partial charge in [0.2, 0.25) is 10.0 Å². The van der Waals surface area contributed by atoms with Gasteiger partial charge < -0.3 is 5.32 Å². The van der Waals surface area contributed by atoms with Gasteiger partial charge >= 0.3 is 0 Å². The third kappa shape index (κ3) is 5.27.